The quantitative estimate of drug-likeness (QED) is 0.752. The molecule has 0 saturated heterocycles. The van der Waals surface area contributed by atoms with E-state index < -0.39 is 18.4 Å². The molecular weight excluding hydrogens is 217 g/mol. The minimum Gasteiger partial charge on any atom is -0.289 e. The van der Waals surface area contributed by atoms with E-state index >= 15 is 0 Å². The van der Waals surface area contributed by atoms with Crippen LogP contribution in [0.2, 0.25) is 5.02 Å². The Kier molecular flexibility index (Phi) is 3.16. The summed E-state index contributed by atoms with van der Waals surface area (Å²) in [6.45, 7) is 0. The predicted molar refractivity (Wildman–Crippen MR) is 46.2 cm³/mol. The molecule has 0 aromatic heterocycles. The van der Waals surface area contributed by atoms with E-state index in [0.29, 0.717) is 5.02 Å². The van der Waals surface area contributed by atoms with Crippen LogP contribution in [0.5, 0.6) is 0 Å². The Balaban J connectivity index is 2.75. The molecule has 76 valence electrons. The zero-order chi connectivity index (χ0) is 10.8. The molecule has 0 radical (unpaired) electrons. The molecule has 1 aromatic rings. The number of Topliss-reactive ketones (excluding diaryl/α,β-unsaturated/α-hetero) is 1. The summed E-state index contributed by atoms with van der Waals surface area (Å²) in [5.74, 6) is -1.76. The monoisotopic (exact) mass is 222 g/mol. The van der Waals surface area contributed by atoms with Crippen LogP contribution >= 0.6 is 11.6 Å². The number of ketones is 1. The summed E-state index contributed by atoms with van der Waals surface area (Å²) in [7, 11) is 0. The third-order valence-corrected chi connectivity index (χ3v) is 1.80. The molecule has 1 rings (SSSR count). The van der Waals surface area contributed by atoms with Crippen molar-refractivity contribution in [1.29, 1.82) is 0 Å². The Bertz CT molecular complexity index is 346. The molecule has 14 heavy (non-hydrogen) atoms. The van der Waals surface area contributed by atoms with Crippen LogP contribution in [0.4, 0.5) is 13.2 Å². The number of halogens is 4. The smallest absolute Gasteiger partial charge is 0.289 e. The van der Waals surface area contributed by atoms with E-state index in [-0.39, 0.29) is 5.56 Å². The molecule has 0 spiro atoms. The first kappa shape index (κ1) is 11.0. The van der Waals surface area contributed by atoms with Gasteiger partial charge >= 0.3 is 6.18 Å². The average molecular weight is 223 g/mol. The van der Waals surface area contributed by atoms with Crippen molar-refractivity contribution in [2.75, 3.05) is 0 Å². The van der Waals surface area contributed by atoms with Crippen LogP contribution in [0.15, 0.2) is 24.3 Å². The molecule has 0 bridgehead atoms. The van der Waals surface area contributed by atoms with Gasteiger partial charge in [-0.25, -0.2) is 0 Å². The lowest BCUT2D eigenvalue weighted by Gasteiger charge is -2.04. The van der Waals surface area contributed by atoms with Gasteiger partial charge in [-0.05, 0) is 17.7 Å². The average Bonchev–Trinajstić information content (AvgIpc) is 2.02. The molecule has 0 fully saturated rings. The van der Waals surface area contributed by atoms with Crippen molar-refractivity contribution >= 4 is 17.4 Å². The van der Waals surface area contributed by atoms with E-state index in [0.717, 1.165) is 0 Å². The van der Waals surface area contributed by atoms with Crippen LogP contribution in [-0.2, 0) is 11.2 Å². The lowest BCUT2D eigenvalue weighted by atomic mass is 10.1. The zero-order valence-electron chi connectivity index (χ0n) is 6.94. The maximum atomic E-state index is 11.9. The third kappa shape index (κ3) is 3.03. The van der Waals surface area contributed by atoms with Crippen LogP contribution in [0.1, 0.15) is 5.56 Å². The van der Waals surface area contributed by atoms with Crippen molar-refractivity contribution in [1.82, 2.24) is 0 Å². The lowest BCUT2D eigenvalue weighted by Crippen LogP contribution is -2.24. The number of carbonyl (C=O) groups excluding carboxylic acids is 1. The summed E-state index contributed by atoms with van der Waals surface area (Å²) in [5, 5.41) is 0.317. The van der Waals surface area contributed by atoms with E-state index in [1.807, 2.05) is 0 Å². The number of rotatable bonds is 2. The first-order chi connectivity index (χ1) is 6.39. The van der Waals surface area contributed by atoms with E-state index in [1.54, 1.807) is 0 Å². The maximum Gasteiger partial charge on any atom is 0.450 e. The van der Waals surface area contributed by atoms with Gasteiger partial charge in [0.2, 0.25) is 5.78 Å². The summed E-state index contributed by atoms with van der Waals surface area (Å²) in [6.07, 6.45) is -5.44. The molecule has 0 saturated carbocycles. The van der Waals surface area contributed by atoms with Crippen molar-refractivity contribution < 1.29 is 18.0 Å². The van der Waals surface area contributed by atoms with Crippen molar-refractivity contribution in [3.63, 3.8) is 0 Å². The Morgan fingerprint density at radius 3 is 2.50 bits per heavy atom. The van der Waals surface area contributed by atoms with Gasteiger partial charge in [0.25, 0.3) is 0 Å². The molecule has 0 N–H and O–H groups in total. The summed E-state index contributed by atoms with van der Waals surface area (Å²) < 4.78 is 35.6. The molecule has 5 heteroatoms. The first-order valence-electron chi connectivity index (χ1n) is 3.74. The van der Waals surface area contributed by atoms with Gasteiger partial charge in [-0.3, -0.25) is 4.79 Å². The first-order valence-corrected chi connectivity index (χ1v) is 4.12. The normalized spacial score (nSPS) is 11.4. The van der Waals surface area contributed by atoms with Crippen LogP contribution in [0.3, 0.4) is 0 Å². The number of hydrogen-bond acceptors (Lipinski definition) is 1. The molecule has 1 aromatic carbocycles. The highest BCUT2D eigenvalue weighted by molar-refractivity contribution is 6.30. The predicted octanol–water partition coefficient (Wildman–Crippen LogP) is 3.01. The Morgan fingerprint density at radius 2 is 2.00 bits per heavy atom. The third-order valence-electron chi connectivity index (χ3n) is 1.57. The van der Waals surface area contributed by atoms with Gasteiger partial charge in [0.15, 0.2) is 0 Å². The second kappa shape index (κ2) is 4.00. The molecule has 0 aliphatic heterocycles. The second-order valence-electron chi connectivity index (χ2n) is 2.73. The molecule has 0 atom stereocenters. The van der Waals surface area contributed by atoms with Crippen LogP contribution in [0.25, 0.3) is 0 Å². The largest absolute Gasteiger partial charge is 0.450 e. The van der Waals surface area contributed by atoms with Crippen molar-refractivity contribution in [2.45, 2.75) is 12.6 Å². The molecular formula is C9H6ClF3O. The minimum atomic E-state index is -4.78. The number of alkyl halides is 3. The van der Waals surface area contributed by atoms with Gasteiger partial charge in [0, 0.05) is 11.4 Å². The second-order valence-corrected chi connectivity index (χ2v) is 3.16. The van der Waals surface area contributed by atoms with E-state index in [2.05, 4.69) is 0 Å². The Labute approximate surface area is 83.5 Å². The van der Waals surface area contributed by atoms with Crippen LogP contribution in [-0.4, -0.2) is 12.0 Å². The van der Waals surface area contributed by atoms with Crippen LogP contribution in [0, 0.1) is 0 Å². The molecule has 0 heterocycles. The minimum absolute atomic E-state index is 0.264. The summed E-state index contributed by atoms with van der Waals surface area (Å²) in [6, 6.07) is 5.80. The standard InChI is InChI=1S/C9H6ClF3O/c10-7-3-1-2-6(4-7)5-8(14)9(11,12)13/h1-4H,5H2. The van der Waals surface area contributed by atoms with Crippen molar-refractivity contribution in [3.05, 3.63) is 34.9 Å². The Morgan fingerprint density at radius 1 is 1.36 bits per heavy atom. The topological polar surface area (TPSA) is 17.1 Å². The summed E-state index contributed by atoms with van der Waals surface area (Å²) >= 11 is 5.55. The molecule has 0 unspecified atom stereocenters. The number of hydrogen-bond donors (Lipinski definition) is 0. The highest BCUT2D eigenvalue weighted by atomic mass is 35.5. The maximum absolute atomic E-state index is 11.9. The van der Waals surface area contributed by atoms with Gasteiger partial charge < -0.3 is 0 Å². The van der Waals surface area contributed by atoms with E-state index in [4.69, 9.17) is 11.6 Å². The van der Waals surface area contributed by atoms with Gasteiger partial charge in [-0.15, -0.1) is 0 Å². The lowest BCUT2D eigenvalue weighted by molar-refractivity contribution is -0.170. The van der Waals surface area contributed by atoms with Gasteiger partial charge in [-0.1, -0.05) is 23.7 Å². The highest BCUT2D eigenvalue weighted by Gasteiger charge is 2.37. The number of carbonyl (C=O) groups is 1. The highest BCUT2D eigenvalue weighted by Crippen LogP contribution is 2.19. The van der Waals surface area contributed by atoms with Crippen molar-refractivity contribution in [3.8, 4) is 0 Å². The zero-order valence-corrected chi connectivity index (χ0v) is 7.69. The van der Waals surface area contributed by atoms with Gasteiger partial charge in [0.05, 0.1) is 0 Å². The summed E-state index contributed by atoms with van der Waals surface area (Å²) in [4.78, 5) is 10.6. The van der Waals surface area contributed by atoms with E-state index in [9.17, 15) is 18.0 Å². The van der Waals surface area contributed by atoms with Crippen molar-refractivity contribution in [2.24, 2.45) is 0 Å². The molecule has 0 amide bonds. The van der Waals surface area contributed by atoms with Gasteiger partial charge in [0.1, 0.15) is 0 Å². The molecule has 0 aliphatic carbocycles. The fourth-order valence-corrected chi connectivity index (χ4v) is 1.15. The SMILES string of the molecule is O=C(Cc1cccc(Cl)c1)C(F)(F)F. The fraction of sp³-hybridized carbons (Fsp3) is 0.222. The summed E-state index contributed by atoms with van der Waals surface area (Å²) in [5.41, 5.74) is 0.264. The van der Waals surface area contributed by atoms with E-state index in [1.165, 1.54) is 24.3 Å². The molecule has 0 aliphatic rings. The van der Waals surface area contributed by atoms with Gasteiger partial charge in [-0.2, -0.15) is 13.2 Å². The number of benzene rings is 1. The van der Waals surface area contributed by atoms with Crippen LogP contribution < -0.4 is 0 Å². The fourth-order valence-electron chi connectivity index (χ4n) is 0.933. The molecule has 1 nitrogen and oxygen atoms in total. The Hall–Kier alpha value is -1.03.